The van der Waals surface area contributed by atoms with Crippen LogP contribution >= 0.6 is 11.3 Å². The van der Waals surface area contributed by atoms with Crippen LogP contribution in [0.1, 0.15) is 29.7 Å². The van der Waals surface area contributed by atoms with Gasteiger partial charge in [0.15, 0.2) is 5.13 Å². The minimum Gasteiger partial charge on any atom is -0.507 e. The first-order valence-electron chi connectivity index (χ1n) is 10.8. The maximum Gasteiger partial charge on any atom is 0.301 e. The molecule has 1 aromatic heterocycles. The Bertz CT molecular complexity index is 1300. The minimum absolute atomic E-state index is 0.0203. The number of Topliss-reactive ketones (excluding diaryl/α,β-unsaturated/α-hetero) is 1. The lowest BCUT2D eigenvalue weighted by atomic mass is 9.94. The normalized spacial score (nSPS) is 20.8. The number of hydrogen-bond donors (Lipinski definition) is 1. The average molecular weight is 475 g/mol. The van der Waals surface area contributed by atoms with Gasteiger partial charge in [0.05, 0.1) is 11.6 Å². The van der Waals surface area contributed by atoms with Crippen LogP contribution in [0, 0.1) is 0 Å². The first-order valence-corrected chi connectivity index (χ1v) is 11.7. The number of ketones is 1. The number of carbonyl (C=O) groups is 2. The smallest absolute Gasteiger partial charge is 0.301 e. The zero-order valence-corrected chi connectivity index (χ0v) is 19.2. The molecule has 1 amide bonds. The standard InChI is InChI=1S/C26H22N2O5S/c1-3-11-32-19-7-4-16(5-8-19)22-21(24(30)25(31)28(22)26-27-10-12-34-26)23(29)17-6-9-20-18(14-17)13-15(2)33-20/h3-10,12,14-15,22,29H,1,11,13H2,2H3/b23-21+/t15-,22-/m0/s1. The molecule has 0 saturated carbocycles. The van der Waals surface area contributed by atoms with Crippen molar-refractivity contribution in [1.29, 1.82) is 0 Å². The van der Waals surface area contributed by atoms with Gasteiger partial charge in [-0.1, -0.05) is 24.8 Å². The second-order valence-electron chi connectivity index (χ2n) is 8.11. The molecular weight excluding hydrogens is 452 g/mol. The highest BCUT2D eigenvalue weighted by Crippen LogP contribution is 2.43. The van der Waals surface area contributed by atoms with Gasteiger partial charge in [-0.25, -0.2) is 4.98 Å². The molecule has 2 atom stereocenters. The number of anilines is 1. The third kappa shape index (κ3) is 3.76. The van der Waals surface area contributed by atoms with Crippen molar-refractivity contribution in [2.45, 2.75) is 25.5 Å². The fourth-order valence-corrected chi connectivity index (χ4v) is 4.97. The SMILES string of the molecule is C=CCOc1ccc([C@H]2/C(=C(\O)c3ccc4c(c3)C[C@H](C)O4)C(=O)C(=O)N2c2nccs2)cc1. The lowest BCUT2D eigenvalue weighted by molar-refractivity contribution is -0.132. The molecule has 0 radical (unpaired) electrons. The summed E-state index contributed by atoms with van der Waals surface area (Å²) in [7, 11) is 0. The lowest BCUT2D eigenvalue weighted by Crippen LogP contribution is -2.29. The molecule has 2 aromatic carbocycles. The average Bonchev–Trinajstić information content (AvgIpc) is 3.55. The molecule has 1 saturated heterocycles. The maximum absolute atomic E-state index is 13.2. The Morgan fingerprint density at radius 1 is 1.29 bits per heavy atom. The number of amides is 1. The Hall–Kier alpha value is -3.91. The van der Waals surface area contributed by atoms with Gasteiger partial charge in [0.2, 0.25) is 0 Å². The van der Waals surface area contributed by atoms with Gasteiger partial charge < -0.3 is 14.6 Å². The topological polar surface area (TPSA) is 89.0 Å². The molecule has 1 N–H and O–H groups in total. The van der Waals surface area contributed by atoms with E-state index in [1.165, 1.54) is 16.2 Å². The highest BCUT2D eigenvalue weighted by atomic mass is 32.1. The van der Waals surface area contributed by atoms with Crippen LogP contribution in [0.4, 0.5) is 5.13 Å². The summed E-state index contributed by atoms with van der Waals surface area (Å²) in [6.45, 7) is 5.97. The van der Waals surface area contributed by atoms with Crippen LogP contribution in [0.15, 0.2) is 72.3 Å². The Morgan fingerprint density at radius 2 is 2.09 bits per heavy atom. The summed E-state index contributed by atoms with van der Waals surface area (Å²) >= 11 is 1.25. The Kier molecular flexibility index (Phi) is 5.67. The molecule has 0 unspecified atom stereocenters. The predicted octanol–water partition coefficient (Wildman–Crippen LogP) is 4.66. The number of rotatable bonds is 6. The van der Waals surface area contributed by atoms with Crippen LogP contribution < -0.4 is 14.4 Å². The number of hydrogen-bond acceptors (Lipinski definition) is 7. The number of thiazole rings is 1. The highest BCUT2D eigenvalue weighted by molar-refractivity contribution is 7.14. The van der Waals surface area contributed by atoms with E-state index in [0.717, 1.165) is 11.3 Å². The van der Waals surface area contributed by atoms with Gasteiger partial charge in [0.25, 0.3) is 5.78 Å². The number of benzene rings is 2. The second kappa shape index (κ2) is 8.79. The number of aliphatic hydroxyl groups is 1. The molecule has 0 spiro atoms. The highest BCUT2D eigenvalue weighted by Gasteiger charge is 2.48. The zero-order valence-electron chi connectivity index (χ0n) is 18.4. The van der Waals surface area contributed by atoms with E-state index < -0.39 is 17.7 Å². The van der Waals surface area contributed by atoms with Crippen molar-refractivity contribution in [2.24, 2.45) is 0 Å². The quantitative estimate of drug-likeness (QED) is 0.242. The molecule has 2 aliphatic heterocycles. The number of aromatic nitrogens is 1. The first-order chi connectivity index (χ1) is 16.5. The zero-order chi connectivity index (χ0) is 23.8. The molecular formula is C26H22N2O5S. The van der Waals surface area contributed by atoms with Gasteiger partial charge in [0.1, 0.15) is 30.0 Å². The van der Waals surface area contributed by atoms with Crippen LogP contribution in [0.25, 0.3) is 5.76 Å². The third-order valence-corrected chi connectivity index (χ3v) is 6.57. The monoisotopic (exact) mass is 474 g/mol. The van der Waals surface area contributed by atoms with Crippen molar-refractivity contribution in [3.05, 3.63) is 89.0 Å². The molecule has 3 heterocycles. The van der Waals surface area contributed by atoms with Gasteiger partial charge in [-0.2, -0.15) is 0 Å². The van der Waals surface area contributed by atoms with E-state index in [2.05, 4.69) is 11.6 Å². The predicted molar refractivity (Wildman–Crippen MR) is 129 cm³/mol. The van der Waals surface area contributed by atoms with E-state index in [1.807, 2.05) is 13.0 Å². The molecule has 5 rings (SSSR count). The molecule has 7 nitrogen and oxygen atoms in total. The van der Waals surface area contributed by atoms with E-state index in [1.54, 1.807) is 54.1 Å². The van der Waals surface area contributed by atoms with Crippen molar-refractivity contribution in [3.63, 3.8) is 0 Å². The van der Waals surface area contributed by atoms with Gasteiger partial charge in [0, 0.05) is 23.6 Å². The van der Waals surface area contributed by atoms with Crippen LogP contribution in [-0.4, -0.2) is 34.5 Å². The summed E-state index contributed by atoms with van der Waals surface area (Å²) in [5.74, 6) is -0.320. The van der Waals surface area contributed by atoms with Crippen LogP contribution in [0.3, 0.4) is 0 Å². The van der Waals surface area contributed by atoms with E-state index in [4.69, 9.17) is 9.47 Å². The first kappa shape index (κ1) is 21.9. The Morgan fingerprint density at radius 3 is 2.79 bits per heavy atom. The van der Waals surface area contributed by atoms with Gasteiger partial charge in [-0.15, -0.1) is 11.3 Å². The number of aliphatic hydroxyl groups excluding tert-OH is 1. The second-order valence-corrected chi connectivity index (χ2v) is 8.98. The lowest BCUT2D eigenvalue weighted by Gasteiger charge is -2.23. The summed E-state index contributed by atoms with van der Waals surface area (Å²) in [5.41, 5.74) is 2.09. The molecule has 0 aliphatic carbocycles. The fraction of sp³-hybridized carbons (Fsp3) is 0.192. The van der Waals surface area contributed by atoms with E-state index in [0.29, 0.717) is 35.0 Å². The fourth-order valence-electron chi connectivity index (χ4n) is 4.31. The number of ether oxygens (including phenoxy) is 2. The molecule has 172 valence electrons. The maximum atomic E-state index is 13.2. The van der Waals surface area contributed by atoms with Gasteiger partial charge in [-0.05, 0) is 48.4 Å². The van der Waals surface area contributed by atoms with E-state index in [-0.39, 0.29) is 17.4 Å². The summed E-state index contributed by atoms with van der Waals surface area (Å²) < 4.78 is 11.3. The van der Waals surface area contributed by atoms with E-state index in [9.17, 15) is 14.7 Å². The summed E-state index contributed by atoms with van der Waals surface area (Å²) in [5, 5.41) is 13.4. The number of nitrogens with zero attached hydrogens (tertiary/aromatic N) is 2. The number of carbonyl (C=O) groups excluding carboxylic acids is 2. The molecule has 0 bridgehead atoms. The summed E-state index contributed by atoms with van der Waals surface area (Å²) in [6, 6.07) is 11.5. The van der Waals surface area contributed by atoms with Crippen molar-refractivity contribution in [2.75, 3.05) is 11.5 Å². The van der Waals surface area contributed by atoms with E-state index >= 15 is 0 Å². The van der Waals surface area contributed by atoms with Crippen LogP contribution in [0.2, 0.25) is 0 Å². The molecule has 3 aromatic rings. The molecule has 2 aliphatic rings. The van der Waals surface area contributed by atoms with Crippen molar-refractivity contribution >= 4 is 33.9 Å². The molecule has 1 fully saturated rings. The number of fused-ring (bicyclic) bond motifs is 1. The van der Waals surface area contributed by atoms with Crippen molar-refractivity contribution < 1.29 is 24.2 Å². The largest absolute Gasteiger partial charge is 0.507 e. The minimum atomic E-state index is -0.831. The van der Waals surface area contributed by atoms with Gasteiger partial charge in [-0.3, -0.25) is 14.5 Å². The van der Waals surface area contributed by atoms with Crippen molar-refractivity contribution in [3.8, 4) is 11.5 Å². The van der Waals surface area contributed by atoms with Crippen LogP contribution in [-0.2, 0) is 16.0 Å². The molecule has 34 heavy (non-hydrogen) atoms. The van der Waals surface area contributed by atoms with Crippen LogP contribution in [0.5, 0.6) is 11.5 Å². The summed E-state index contributed by atoms with van der Waals surface area (Å²) in [6.07, 6.45) is 3.97. The molecule has 8 heteroatoms. The Balaban J connectivity index is 1.62. The van der Waals surface area contributed by atoms with Crippen molar-refractivity contribution in [1.82, 2.24) is 4.98 Å². The Labute approximate surface area is 200 Å². The van der Waals surface area contributed by atoms with Gasteiger partial charge >= 0.3 is 5.91 Å². The summed E-state index contributed by atoms with van der Waals surface area (Å²) in [4.78, 5) is 31.9. The third-order valence-electron chi connectivity index (χ3n) is 5.80.